The van der Waals surface area contributed by atoms with Crippen molar-refractivity contribution in [3.63, 3.8) is 0 Å². The minimum Gasteiger partial charge on any atom is -0.398 e. The van der Waals surface area contributed by atoms with Crippen molar-refractivity contribution >= 4 is 11.2 Å². The molecule has 0 atom stereocenters. The van der Waals surface area contributed by atoms with Crippen LogP contribution in [-0.2, 0) is 0 Å². The zero-order valence-electron chi connectivity index (χ0n) is 12.4. The maximum Gasteiger partial charge on any atom is 0.145 e. The Balaban J connectivity index is 2.38. The summed E-state index contributed by atoms with van der Waals surface area (Å²) in [7, 11) is 0. The van der Waals surface area contributed by atoms with Crippen molar-refractivity contribution in [1.82, 2.24) is 9.38 Å². The van der Waals surface area contributed by atoms with E-state index in [9.17, 15) is 0 Å². The molecule has 0 saturated heterocycles. The van der Waals surface area contributed by atoms with E-state index >= 15 is 0 Å². The van der Waals surface area contributed by atoms with Crippen LogP contribution in [0.4, 0.5) is 5.69 Å². The molecule has 0 unspecified atom stereocenters. The first kappa shape index (κ1) is 12.7. The molecule has 3 heteroatoms. The Labute approximate surface area is 119 Å². The summed E-state index contributed by atoms with van der Waals surface area (Å²) in [5.74, 6) is 0.972. The van der Waals surface area contributed by atoms with E-state index in [1.165, 1.54) is 22.3 Å². The molecule has 0 aliphatic rings. The zero-order chi connectivity index (χ0) is 14.4. The maximum atomic E-state index is 5.93. The third kappa shape index (κ3) is 1.86. The number of anilines is 1. The molecule has 0 aliphatic heterocycles. The third-order valence-electron chi connectivity index (χ3n) is 3.74. The third-order valence-corrected chi connectivity index (χ3v) is 3.74. The van der Waals surface area contributed by atoms with Gasteiger partial charge in [-0.3, -0.25) is 4.40 Å². The summed E-state index contributed by atoms with van der Waals surface area (Å²) in [4.78, 5) is 4.76. The second kappa shape index (κ2) is 4.37. The van der Waals surface area contributed by atoms with Crippen molar-refractivity contribution in [2.45, 2.75) is 27.7 Å². The average Bonchev–Trinajstić information content (AvgIpc) is 2.65. The van der Waals surface area contributed by atoms with Crippen molar-refractivity contribution in [3.8, 4) is 11.4 Å². The first-order chi connectivity index (χ1) is 9.47. The summed E-state index contributed by atoms with van der Waals surface area (Å²) < 4.78 is 2.09. The van der Waals surface area contributed by atoms with Crippen LogP contribution < -0.4 is 5.73 Å². The van der Waals surface area contributed by atoms with E-state index in [2.05, 4.69) is 37.3 Å². The van der Waals surface area contributed by atoms with Gasteiger partial charge in [0.2, 0.25) is 0 Å². The predicted molar refractivity (Wildman–Crippen MR) is 84.0 cm³/mol. The molecular weight excluding hydrogens is 246 g/mol. The van der Waals surface area contributed by atoms with Crippen LogP contribution >= 0.6 is 0 Å². The normalized spacial score (nSPS) is 11.2. The van der Waals surface area contributed by atoms with E-state index in [0.717, 1.165) is 22.7 Å². The SMILES string of the molecule is Cc1cc(C)c(-c2nc(C)c3ccc(N)cn23)c(C)c1. The maximum absolute atomic E-state index is 5.93. The molecule has 0 fully saturated rings. The van der Waals surface area contributed by atoms with Crippen molar-refractivity contribution in [2.75, 3.05) is 5.73 Å². The standard InChI is InChI=1S/C17H19N3/c1-10-7-11(2)16(12(3)8-10)17-19-13(4)15-6-5-14(18)9-20(15)17/h5-9H,18H2,1-4H3. The Bertz CT molecular complexity index is 789. The van der Waals surface area contributed by atoms with Crippen molar-refractivity contribution in [3.05, 3.63) is 52.8 Å². The molecule has 0 aliphatic carbocycles. The molecule has 0 radical (unpaired) electrons. The highest BCUT2D eigenvalue weighted by molar-refractivity contribution is 5.71. The van der Waals surface area contributed by atoms with Crippen LogP contribution in [0, 0.1) is 27.7 Å². The molecule has 0 bridgehead atoms. The Morgan fingerprint density at radius 3 is 2.30 bits per heavy atom. The van der Waals surface area contributed by atoms with Gasteiger partial charge in [0.15, 0.2) is 0 Å². The Kier molecular flexibility index (Phi) is 2.78. The molecule has 20 heavy (non-hydrogen) atoms. The molecule has 102 valence electrons. The van der Waals surface area contributed by atoms with Gasteiger partial charge in [-0.2, -0.15) is 0 Å². The van der Waals surface area contributed by atoms with E-state index in [4.69, 9.17) is 10.7 Å². The topological polar surface area (TPSA) is 43.3 Å². The van der Waals surface area contributed by atoms with Crippen LogP contribution in [0.3, 0.4) is 0 Å². The minimum absolute atomic E-state index is 0.749. The van der Waals surface area contributed by atoms with Crippen molar-refractivity contribution in [1.29, 1.82) is 0 Å². The monoisotopic (exact) mass is 265 g/mol. The molecule has 0 saturated carbocycles. The number of rotatable bonds is 1. The van der Waals surface area contributed by atoms with Gasteiger partial charge in [-0.25, -0.2) is 4.98 Å². The van der Waals surface area contributed by atoms with Gasteiger partial charge in [-0.05, 0) is 51.0 Å². The second-order valence-electron chi connectivity index (χ2n) is 5.51. The molecule has 3 aromatic rings. The highest BCUT2D eigenvalue weighted by atomic mass is 15.0. The highest BCUT2D eigenvalue weighted by Gasteiger charge is 2.14. The van der Waals surface area contributed by atoms with Crippen molar-refractivity contribution in [2.24, 2.45) is 0 Å². The van der Waals surface area contributed by atoms with Gasteiger partial charge in [0.05, 0.1) is 11.2 Å². The summed E-state index contributed by atoms with van der Waals surface area (Å²) in [5.41, 5.74) is 13.8. The first-order valence-electron chi connectivity index (χ1n) is 6.80. The van der Waals surface area contributed by atoms with Crippen LogP contribution in [-0.4, -0.2) is 9.38 Å². The quantitative estimate of drug-likeness (QED) is 0.727. The lowest BCUT2D eigenvalue weighted by Gasteiger charge is -2.10. The Morgan fingerprint density at radius 1 is 1.00 bits per heavy atom. The van der Waals surface area contributed by atoms with Crippen LogP contribution in [0.25, 0.3) is 16.9 Å². The number of nitrogens with two attached hydrogens (primary N) is 1. The fourth-order valence-electron chi connectivity index (χ4n) is 2.97. The number of nitrogen functional groups attached to an aromatic ring is 1. The van der Waals surface area contributed by atoms with Gasteiger partial charge < -0.3 is 5.73 Å². The fraction of sp³-hybridized carbons (Fsp3) is 0.235. The fourth-order valence-corrected chi connectivity index (χ4v) is 2.97. The minimum atomic E-state index is 0.749. The highest BCUT2D eigenvalue weighted by Crippen LogP contribution is 2.29. The molecule has 2 N–H and O–H groups in total. The second-order valence-corrected chi connectivity index (χ2v) is 5.51. The molecule has 2 aromatic heterocycles. The molecule has 1 aromatic carbocycles. The van der Waals surface area contributed by atoms with Gasteiger partial charge in [-0.15, -0.1) is 0 Å². The first-order valence-corrected chi connectivity index (χ1v) is 6.80. The Hall–Kier alpha value is -2.29. The van der Waals surface area contributed by atoms with E-state index in [1.807, 2.05) is 25.3 Å². The number of fused-ring (bicyclic) bond motifs is 1. The van der Waals surface area contributed by atoms with Gasteiger partial charge in [0.1, 0.15) is 5.82 Å². The number of benzene rings is 1. The van der Waals surface area contributed by atoms with Gasteiger partial charge >= 0.3 is 0 Å². The lowest BCUT2D eigenvalue weighted by molar-refractivity contribution is 1.14. The number of pyridine rings is 1. The molecule has 0 amide bonds. The predicted octanol–water partition coefficient (Wildman–Crippen LogP) is 3.82. The molecule has 0 spiro atoms. The molecule has 2 heterocycles. The lowest BCUT2D eigenvalue weighted by Crippen LogP contribution is -1.97. The number of hydrogen-bond donors (Lipinski definition) is 1. The molecule has 3 nitrogen and oxygen atoms in total. The van der Waals surface area contributed by atoms with Crippen LogP contribution in [0.2, 0.25) is 0 Å². The summed E-state index contributed by atoms with van der Waals surface area (Å²) in [5, 5.41) is 0. The van der Waals surface area contributed by atoms with E-state index in [0.29, 0.717) is 0 Å². The summed E-state index contributed by atoms with van der Waals surface area (Å²) >= 11 is 0. The van der Waals surface area contributed by atoms with E-state index < -0.39 is 0 Å². The van der Waals surface area contributed by atoms with Crippen molar-refractivity contribution < 1.29 is 0 Å². The van der Waals surface area contributed by atoms with Gasteiger partial charge in [-0.1, -0.05) is 17.7 Å². The van der Waals surface area contributed by atoms with Crippen LogP contribution in [0.15, 0.2) is 30.5 Å². The largest absolute Gasteiger partial charge is 0.398 e. The smallest absolute Gasteiger partial charge is 0.145 e. The van der Waals surface area contributed by atoms with Gasteiger partial charge in [0.25, 0.3) is 0 Å². The average molecular weight is 265 g/mol. The van der Waals surface area contributed by atoms with Gasteiger partial charge in [0, 0.05) is 17.4 Å². The number of aromatic nitrogens is 2. The number of aryl methyl sites for hydroxylation is 4. The zero-order valence-corrected chi connectivity index (χ0v) is 12.4. The number of hydrogen-bond acceptors (Lipinski definition) is 2. The molecular formula is C17H19N3. The van der Waals surface area contributed by atoms with Crippen LogP contribution in [0.1, 0.15) is 22.4 Å². The number of imidazole rings is 1. The summed E-state index contributed by atoms with van der Waals surface area (Å²) in [6, 6.07) is 8.35. The summed E-state index contributed by atoms with van der Waals surface area (Å²) in [6.07, 6.45) is 1.95. The summed E-state index contributed by atoms with van der Waals surface area (Å²) in [6.45, 7) is 8.43. The molecule has 3 rings (SSSR count). The lowest BCUT2D eigenvalue weighted by atomic mass is 9.99. The van der Waals surface area contributed by atoms with E-state index in [-0.39, 0.29) is 0 Å². The van der Waals surface area contributed by atoms with Crippen LogP contribution in [0.5, 0.6) is 0 Å². The van der Waals surface area contributed by atoms with E-state index in [1.54, 1.807) is 0 Å². The Morgan fingerprint density at radius 2 is 1.65 bits per heavy atom. The number of nitrogens with zero attached hydrogens (tertiary/aromatic N) is 2.